The third-order valence-electron chi connectivity index (χ3n) is 2.49. The molecule has 1 aliphatic rings. The molecule has 84 valence electrons. The van der Waals surface area contributed by atoms with Crippen LogP contribution in [0.5, 0.6) is 0 Å². The normalized spacial score (nSPS) is 15.1. The quantitative estimate of drug-likeness (QED) is 0.791. The number of carbonyl (C=O) groups excluding carboxylic acids is 1. The topological polar surface area (TPSA) is 64.1 Å². The van der Waals surface area contributed by atoms with Gasteiger partial charge < -0.3 is 10.1 Å². The first-order valence-corrected chi connectivity index (χ1v) is 5.17. The van der Waals surface area contributed by atoms with Gasteiger partial charge in [0.1, 0.15) is 11.8 Å². The van der Waals surface area contributed by atoms with Crippen molar-refractivity contribution in [2.24, 2.45) is 0 Å². The summed E-state index contributed by atoms with van der Waals surface area (Å²) in [5.41, 5.74) is 2.47. The van der Waals surface area contributed by atoms with E-state index in [4.69, 9.17) is 4.74 Å². The second-order valence-electron chi connectivity index (χ2n) is 3.59. The third-order valence-corrected chi connectivity index (χ3v) is 2.49. The van der Waals surface area contributed by atoms with E-state index in [1.807, 2.05) is 24.3 Å². The Morgan fingerprint density at radius 1 is 1.24 bits per heavy atom. The van der Waals surface area contributed by atoms with Crippen molar-refractivity contribution in [2.75, 3.05) is 6.73 Å². The Hall–Kier alpha value is -2.43. The summed E-state index contributed by atoms with van der Waals surface area (Å²) in [6, 6.07) is 7.50. The molecular weight excluding hydrogens is 218 g/mol. The van der Waals surface area contributed by atoms with Crippen LogP contribution in [0.3, 0.4) is 0 Å². The highest BCUT2D eigenvalue weighted by molar-refractivity contribution is 6.19. The zero-order valence-corrected chi connectivity index (χ0v) is 8.88. The number of para-hydroxylation sites is 2. The Kier molecular flexibility index (Phi) is 2.22. The molecule has 1 aromatic carbocycles. The van der Waals surface area contributed by atoms with Crippen LogP contribution in [0.2, 0.25) is 0 Å². The van der Waals surface area contributed by atoms with Crippen LogP contribution in [0.4, 0.5) is 0 Å². The predicted molar refractivity (Wildman–Crippen MR) is 61.6 cm³/mol. The molecule has 1 aromatic heterocycles. The SMILES string of the molecule is O=C1NCOC=C1c1cnc2ccccc2n1. The van der Waals surface area contributed by atoms with Crippen molar-refractivity contribution < 1.29 is 9.53 Å². The monoisotopic (exact) mass is 227 g/mol. The summed E-state index contributed by atoms with van der Waals surface area (Å²) in [7, 11) is 0. The molecule has 0 spiro atoms. The maximum absolute atomic E-state index is 11.6. The van der Waals surface area contributed by atoms with Crippen LogP contribution in [0.15, 0.2) is 36.7 Å². The van der Waals surface area contributed by atoms with Gasteiger partial charge in [0.25, 0.3) is 5.91 Å². The van der Waals surface area contributed by atoms with Gasteiger partial charge in [-0.1, -0.05) is 12.1 Å². The molecule has 0 saturated carbocycles. The first-order valence-electron chi connectivity index (χ1n) is 5.17. The predicted octanol–water partition coefficient (Wildman–Crippen LogP) is 1.07. The summed E-state index contributed by atoms with van der Waals surface area (Å²) in [6.07, 6.45) is 2.99. The molecule has 1 N–H and O–H groups in total. The van der Waals surface area contributed by atoms with Crippen LogP contribution < -0.4 is 5.32 Å². The van der Waals surface area contributed by atoms with Gasteiger partial charge in [-0.3, -0.25) is 9.78 Å². The number of carbonyl (C=O) groups is 1. The average molecular weight is 227 g/mol. The number of nitrogens with one attached hydrogen (secondary N) is 1. The van der Waals surface area contributed by atoms with Crippen molar-refractivity contribution in [1.29, 1.82) is 0 Å². The van der Waals surface area contributed by atoms with Crippen LogP contribution in [-0.2, 0) is 9.53 Å². The van der Waals surface area contributed by atoms with E-state index in [-0.39, 0.29) is 12.6 Å². The Balaban J connectivity index is 2.12. The zero-order valence-electron chi connectivity index (χ0n) is 8.88. The lowest BCUT2D eigenvalue weighted by molar-refractivity contribution is -0.117. The van der Waals surface area contributed by atoms with Crippen molar-refractivity contribution in [1.82, 2.24) is 15.3 Å². The first kappa shape index (κ1) is 9.77. The molecule has 3 rings (SSSR count). The number of hydrogen-bond acceptors (Lipinski definition) is 4. The van der Waals surface area contributed by atoms with Gasteiger partial charge in [-0.05, 0) is 12.1 Å². The van der Waals surface area contributed by atoms with Crippen molar-refractivity contribution >= 4 is 22.5 Å². The molecule has 1 amide bonds. The Bertz CT molecular complexity index is 622. The molecule has 0 atom stereocenters. The largest absolute Gasteiger partial charge is 0.480 e. The highest BCUT2D eigenvalue weighted by Crippen LogP contribution is 2.17. The number of fused-ring (bicyclic) bond motifs is 1. The van der Waals surface area contributed by atoms with Crippen molar-refractivity contribution in [3.63, 3.8) is 0 Å². The van der Waals surface area contributed by atoms with Gasteiger partial charge in [-0.25, -0.2) is 4.98 Å². The van der Waals surface area contributed by atoms with E-state index in [9.17, 15) is 4.79 Å². The molecule has 0 bridgehead atoms. The first-order chi connectivity index (χ1) is 8.34. The van der Waals surface area contributed by atoms with Gasteiger partial charge in [0.05, 0.1) is 22.9 Å². The summed E-state index contributed by atoms with van der Waals surface area (Å²) in [5.74, 6) is -0.194. The fourth-order valence-corrected chi connectivity index (χ4v) is 1.64. The van der Waals surface area contributed by atoms with Crippen LogP contribution >= 0.6 is 0 Å². The van der Waals surface area contributed by atoms with Gasteiger partial charge in [0.2, 0.25) is 0 Å². The fourth-order valence-electron chi connectivity index (χ4n) is 1.64. The second-order valence-corrected chi connectivity index (χ2v) is 3.59. The molecule has 1 aliphatic heterocycles. The average Bonchev–Trinajstić information content (AvgIpc) is 2.39. The molecule has 0 unspecified atom stereocenters. The molecule has 0 aliphatic carbocycles. The summed E-state index contributed by atoms with van der Waals surface area (Å²) in [6.45, 7) is 0.198. The second kappa shape index (κ2) is 3.86. The Labute approximate surface area is 97.1 Å². The molecule has 5 heteroatoms. The summed E-state index contributed by atoms with van der Waals surface area (Å²) >= 11 is 0. The number of hydrogen-bond donors (Lipinski definition) is 1. The Morgan fingerprint density at radius 3 is 2.88 bits per heavy atom. The standard InChI is InChI=1S/C12H9N3O2/c16-12-8(6-17-7-14-12)11-5-13-9-3-1-2-4-10(9)15-11/h1-6H,7H2,(H,14,16). The summed E-state index contributed by atoms with van der Waals surface area (Å²) < 4.78 is 5.06. The number of aromatic nitrogens is 2. The number of amides is 1. The molecule has 2 heterocycles. The lowest BCUT2D eigenvalue weighted by atomic mass is 10.2. The molecule has 2 aromatic rings. The van der Waals surface area contributed by atoms with Crippen LogP contribution in [0.1, 0.15) is 5.69 Å². The molecule has 0 saturated heterocycles. The minimum Gasteiger partial charge on any atom is -0.480 e. The fraction of sp³-hybridized carbons (Fsp3) is 0.0833. The lowest BCUT2D eigenvalue weighted by Crippen LogP contribution is -2.30. The van der Waals surface area contributed by atoms with E-state index in [0.717, 1.165) is 11.0 Å². The molecule has 0 fully saturated rings. The minimum atomic E-state index is -0.194. The molecular formula is C12H9N3O2. The van der Waals surface area contributed by atoms with E-state index < -0.39 is 0 Å². The maximum Gasteiger partial charge on any atom is 0.259 e. The van der Waals surface area contributed by atoms with Gasteiger partial charge in [-0.2, -0.15) is 0 Å². The van der Waals surface area contributed by atoms with Crippen LogP contribution in [0, 0.1) is 0 Å². The highest BCUT2D eigenvalue weighted by atomic mass is 16.5. The van der Waals surface area contributed by atoms with Crippen LogP contribution in [0.25, 0.3) is 16.6 Å². The van der Waals surface area contributed by atoms with E-state index in [0.29, 0.717) is 11.3 Å². The molecule has 17 heavy (non-hydrogen) atoms. The summed E-state index contributed by atoms with van der Waals surface area (Å²) in [5, 5.41) is 2.58. The lowest BCUT2D eigenvalue weighted by Gasteiger charge is -2.13. The smallest absolute Gasteiger partial charge is 0.259 e. The molecule has 5 nitrogen and oxygen atoms in total. The minimum absolute atomic E-state index is 0.194. The van der Waals surface area contributed by atoms with Gasteiger partial charge in [0.15, 0.2) is 6.73 Å². The number of benzene rings is 1. The van der Waals surface area contributed by atoms with Crippen molar-refractivity contribution in [3.05, 3.63) is 42.4 Å². The molecule has 0 radical (unpaired) electrons. The summed E-state index contributed by atoms with van der Waals surface area (Å²) in [4.78, 5) is 20.2. The van der Waals surface area contributed by atoms with E-state index >= 15 is 0 Å². The van der Waals surface area contributed by atoms with E-state index in [2.05, 4.69) is 15.3 Å². The van der Waals surface area contributed by atoms with Crippen LogP contribution in [-0.4, -0.2) is 22.6 Å². The van der Waals surface area contributed by atoms with Gasteiger partial charge in [0, 0.05) is 0 Å². The number of rotatable bonds is 1. The maximum atomic E-state index is 11.6. The Morgan fingerprint density at radius 2 is 2.06 bits per heavy atom. The van der Waals surface area contributed by atoms with E-state index in [1.54, 1.807) is 6.20 Å². The van der Waals surface area contributed by atoms with Gasteiger partial charge >= 0.3 is 0 Å². The number of nitrogens with zero attached hydrogens (tertiary/aromatic N) is 2. The van der Waals surface area contributed by atoms with Crippen molar-refractivity contribution in [3.8, 4) is 0 Å². The number of ether oxygens (including phenoxy) is 1. The van der Waals surface area contributed by atoms with Gasteiger partial charge in [-0.15, -0.1) is 0 Å². The highest BCUT2D eigenvalue weighted by Gasteiger charge is 2.17. The zero-order chi connectivity index (χ0) is 11.7. The van der Waals surface area contributed by atoms with E-state index in [1.165, 1.54) is 6.26 Å². The van der Waals surface area contributed by atoms with Crippen molar-refractivity contribution in [2.45, 2.75) is 0 Å². The third kappa shape index (κ3) is 1.71.